The summed E-state index contributed by atoms with van der Waals surface area (Å²) >= 11 is 0. The third kappa shape index (κ3) is 2.08. The average Bonchev–Trinajstić information content (AvgIpc) is 2.39. The first kappa shape index (κ1) is 10.5. The summed E-state index contributed by atoms with van der Waals surface area (Å²) in [5.41, 5.74) is 0.855. The molecule has 3 N–H and O–H groups in total. The highest BCUT2D eigenvalue weighted by molar-refractivity contribution is 6.12. The van der Waals surface area contributed by atoms with E-state index in [0.717, 1.165) is 11.4 Å². The minimum absolute atomic E-state index is 0.248. The summed E-state index contributed by atoms with van der Waals surface area (Å²) in [6, 6.07) is 5.60. The van der Waals surface area contributed by atoms with Crippen molar-refractivity contribution in [1.29, 1.82) is 0 Å². The summed E-state index contributed by atoms with van der Waals surface area (Å²) < 4.78 is 0. The van der Waals surface area contributed by atoms with Crippen LogP contribution in [0.4, 0.5) is 5.82 Å². The van der Waals surface area contributed by atoms with Gasteiger partial charge in [0.05, 0.1) is 0 Å². The number of nitrogens with one attached hydrogen (secondary N) is 3. The van der Waals surface area contributed by atoms with E-state index in [1.165, 1.54) is 6.08 Å². The number of hydrogen-bond donors (Lipinski definition) is 3. The van der Waals surface area contributed by atoms with Crippen molar-refractivity contribution in [1.82, 2.24) is 15.6 Å². The van der Waals surface area contributed by atoms with Gasteiger partial charge in [-0.3, -0.25) is 4.79 Å². The molecule has 6 heteroatoms. The van der Waals surface area contributed by atoms with Gasteiger partial charge in [0.25, 0.3) is 5.91 Å². The van der Waals surface area contributed by atoms with Crippen LogP contribution in [0.5, 0.6) is 0 Å². The maximum Gasteiger partial charge on any atom is 0.271 e. The van der Waals surface area contributed by atoms with Crippen molar-refractivity contribution >= 4 is 17.6 Å². The van der Waals surface area contributed by atoms with Crippen LogP contribution in [0.25, 0.3) is 0 Å². The number of aromatic nitrogens is 1. The minimum atomic E-state index is -0.256. The van der Waals surface area contributed by atoms with E-state index in [9.17, 15) is 4.79 Å². The molecule has 0 bridgehead atoms. The summed E-state index contributed by atoms with van der Waals surface area (Å²) in [5.74, 6) is 1.04. The fourth-order valence-electron chi connectivity index (χ4n) is 1.71. The minimum Gasteiger partial charge on any atom is -0.354 e. The molecule has 2 aliphatic heterocycles. The van der Waals surface area contributed by atoms with Crippen molar-refractivity contribution in [2.24, 2.45) is 4.99 Å². The first-order valence-electron chi connectivity index (χ1n) is 5.53. The van der Waals surface area contributed by atoms with Gasteiger partial charge in [-0.15, -0.1) is 0 Å². The van der Waals surface area contributed by atoms with Crippen LogP contribution in [0, 0.1) is 0 Å². The van der Waals surface area contributed by atoms with Crippen molar-refractivity contribution in [3.8, 4) is 0 Å². The van der Waals surface area contributed by atoms with E-state index in [1.807, 2.05) is 18.2 Å². The maximum absolute atomic E-state index is 11.2. The lowest BCUT2D eigenvalue weighted by atomic mass is 10.1. The second-order valence-electron chi connectivity index (χ2n) is 3.83. The molecule has 0 saturated carbocycles. The molecule has 0 radical (unpaired) electrons. The van der Waals surface area contributed by atoms with Crippen LogP contribution < -0.4 is 16.0 Å². The molecular weight excluding hydrogens is 230 g/mol. The molecule has 1 aromatic heterocycles. The largest absolute Gasteiger partial charge is 0.354 e. The van der Waals surface area contributed by atoms with Crippen LogP contribution in [0.15, 0.2) is 53.3 Å². The molecule has 0 saturated heterocycles. The van der Waals surface area contributed by atoms with E-state index in [4.69, 9.17) is 0 Å². The third-order valence-electron chi connectivity index (χ3n) is 2.54. The normalized spacial score (nSPS) is 21.1. The SMILES string of the molecule is O=C1C=CC2=CNC(Nc3ccccn3)NC2=N1. The standard InChI is InChI=1S/C12H11N5O/c18-10-5-4-8-7-14-12(17-11(8)16-10)15-9-3-1-2-6-13-9/h1-7,12,14H,(H,13,15)(H,16,17,18). The highest BCUT2D eigenvalue weighted by Gasteiger charge is 2.20. The van der Waals surface area contributed by atoms with Crippen molar-refractivity contribution in [3.63, 3.8) is 0 Å². The number of carbonyl (C=O) groups is 1. The monoisotopic (exact) mass is 241 g/mol. The third-order valence-corrected chi connectivity index (χ3v) is 2.54. The highest BCUT2D eigenvalue weighted by Crippen LogP contribution is 2.10. The molecule has 0 aliphatic carbocycles. The Morgan fingerprint density at radius 2 is 2.22 bits per heavy atom. The quantitative estimate of drug-likeness (QED) is 0.696. The molecule has 0 aromatic carbocycles. The lowest BCUT2D eigenvalue weighted by Gasteiger charge is -2.28. The van der Waals surface area contributed by atoms with Crippen LogP contribution in [0.1, 0.15) is 0 Å². The number of dihydropyridines is 1. The summed E-state index contributed by atoms with van der Waals surface area (Å²) in [6.07, 6.45) is 6.42. The van der Waals surface area contributed by atoms with Crippen molar-refractivity contribution in [2.75, 3.05) is 5.32 Å². The zero-order valence-electron chi connectivity index (χ0n) is 9.42. The number of pyridine rings is 1. The molecular formula is C12H11N5O. The molecule has 1 aromatic rings. The van der Waals surface area contributed by atoms with Gasteiger partial charge in [-0.1, -0.05) is 6.07 Å². The van der Waals surface area contributed by atoms with E-state index >= 15 is 0 Å². The van der Waals surface area contributed by atoms with E-state index in [0.29, 0.717) is 5.84 Å². The first-order chi connectivity index (χ1) is 8.81. The fraction of sp³-hybridized carbons (Fsp3) is 0.0833. The Bertz CT molecular complexity index is 561. The number of aliphatic imine (C=N–C) groups is 1. The topological polar surface area (TPSA) is 78.4 Å². The number of carbonyl (C=O) groups excluding carboxylic acids is 1. The van der Waals surface area contributed by atoms with Crippen LogP contribution in [0.2, 0.25) is 0 Å². The highest BCUT2D eigenvalue weighted by atomic mass is 16.1. The number of anilines is 1. The Balaban J connectivity index is 1.75. The molecule has 90 valence electrons. The summed E-state index contributed by atoms with van der Waals surface area (Å²) in [7, 11) is 0. The zero-order valence-corrected chi connectivity index (χ0v) is 9.42. The molecule has 6 nitrogen and oxygen atoms in total. The molecule has 3 rings (SSSR count). The molecule has 3 heterocycles. The first-order valence-corrected chi connectivity index (χ1v) is 5.53. The number of rotatable bonds is 2. The number of hydrogen-bond acceptors (Lipinski definition) is 5. The van der Waals surface area contributed by atoms with Crippen molar-refractivity contribution in [3.05, 3.63) is 48.3 Å². The van der Waals surface area contributed by atoms with Crippen LogP contribution in [-0.2, 0) is 4.79 Å². The van der Waals surface area contributed by atoms with Gasteiger partial charge in [-0.2, -0.15) is 4.99 Å². The number of amides is 1. The number of amidine groups is 1. The second-order valence-corrected chi connectivity index (χ2v) is 3.83. The van der Waals surface area contributed by atoms with E-state index < -0.39 is 0 Å². The Morgan fingerprint density at radius 1 is 1.28 bits per heavy atom. The predicted molar refractivity (Wildman–Crippen MR) is 67.6 cm³/mol. The molecule has 0 fully saturated rings. The Labute approximate surface area is 104 Å². The van der Waals surface area contributed by atoms with Gasteiger partial charge in [-0.25, -0.2) is 4.98 Å². The van der Waals surface area contributed by atoms with Gasteiger partial charge < -0.3 is 16.0 Å². The second kappa shape index (κ2) is 4.33. The molecule has 18 heavy (non-hydrogen) atoms. The van der Waals surface area contributed by atoms with Gasteiger partial charge in [0.15, 0.2) is 6.29 Å². The smallest absolute Gasteiger partial charge is 0.271 e. The van der Waals surface area contributed by atoms with Crippen LogP contribution in [-0.4, -0.2) is 23.0 Å². The lowest BCUT2D eigenvalue weighted by molar-refractivity contribution is -0.113. The van der Waals surface area contributed by atoms with Crippen LogP contribution >= 0.6 is 0 Å². The Hall–Kier alpha value is -2.63. The van der Waals surface area contributed by atoms with Gasteiger partial charge in [-0.05, 0) is 18.2 Å². The van der Waals surface area contributed by atoms with E-state index in [-0.39, 0.29) is 12.2 Å². The van der Waals surface area contributed by atoms with Gasteiger partial charge in [0, 0.05) is 24.0 Å². The van der Waals surface area contributed by atoms with Gasteiger partial charge >= 0.3 is 0 Å². The summed E-state index contributed by atoms with van der Waals surface area (Å²) in [4.78, 5) is 19.3. The molecule has 1 atom stereocenters. The summed E-state index contributed by atoms with van der Waals surface area (Å²) in [5, 5.41) is 9.33. The Morgan fingerprint density at radius 3 is 3.06 bits per heavy atom. The number of nitrogens with zero attached hydrogens (tertiary/aromatic N) is 2. The van der Waals surface area contributed by atoms with Crippen LogP contribution in [0.3, 0.4) is 0 Å². The van der Waals surface area contributed by atoms with E-state index in [2.05, 4.69) is 25.9 Å². The lowest BCUT2D eigenvalue weighted by Crippen LogP contribution is -2.53. The fourth-order valence-corrected chi connectivity index (χ4v) is 1.71. The maximum atomic E-state index is 11.2. The summed E-state index contributed by atoms with van der Waals surface area (Å²) in [6.45, 7) is 0. The Kier molecular flexibility index (Phi) is 2.53. The predicted octanol–water partition coefficient (Wildman–Crippen LogP) is 0.349. The van der Waals surface area contributed by atoms with Gasteiger partial charge in [0.2, 0.25) is 0 Å². The van der Waals surface area contributed by atoms with Gasteiger partial charge in [0.1, 0.15) is 11.7 Å². The average molecular weight is 241 g/mol. The molecule has 1 unspecified atom stereocenters. The molecule has 2 aliphatic rings. The number of fused-ring (bicyclic) bond motifs is 1. The van der Waals surface area contributed by atoms with E-state index in [1.54, 1.807) is 18.5 Å². The molecule has 1 amide bonds. The zero-order chi connectivity index (χ0) is 12.4. The van der Waals surface area contributed by atoms with Crippen molar-refractivity contribution in [2.45, 2.75) is 6.29 Å². The molecule has 0 spiro atoms. The van der Waals surface area contributed by atoms with Crippen molar-refractivity contribution < 1.29 is 4.79 Å².